The minimum absolute atomic E-state index is 0.575. The third-order valence-corrected chi connectivity index (χ3v) is 9.61. The third-order valence-electron chi connectivity index (χ3n) is 9.61. The van der Waals surface area contributed by atoms with Crippen molar-refractivity contribution in [2.45, 2.75) is 5.41 Å². The quantitative estimate of drug-likeness (QED) is 0.163. The summed E-state index contributed by atoms with van der Waals surface area (Å²) < 4.78 is 2.21. The molecular formula is C46H32N4. The lowest BCUT2D eigenvalue weighted by Gasteiger charge is -2.37. The molecule has 2 heterocycles. The molecule has 50 heavy (non-hydrogen) atoms. The lowest BCUT2D eigenvalue weighted by atomic mass is 9.65. The van der Waals surface area contributed by atoms with E-state index < -0.39 is 5.41 Å². The van der Waals surface area contributed by atoms with Crippen LogP contribution in [0.5, 0.6) is 0 Å². The summed E-state index contributed by atoms with van der Waals surface area (Å²) in [6.07, 6.45) is 0. The molecule has 0 spiro atoms. The Morgan fingerprint density at radius 1 is 0.340 bits per heavy atom. The zero-order valence-electron chi connectivity index (χ0n) is 27.3. The summed E-state index contributed by atoms with van der Waals surface area (Å²) in [6.45, 7) is 0. The Labute approximate surface area is 291 Å². The first-order valence-corrected chi connectivity index (χ1v) is 16.9. The SMILES string of the molecule is c1ccc(-c2nc(-c3ccccc3)nc(-n3c4ccccc4c4ccc(C(c5ccccc5)(c5ccccc5)c5ccccc5)cc43)n2)cc1. The molecule has 0 bridgehead atoms. The molecule has 0 unspecified atom stereocenters. The molecule has 2 aromatic heterocycles. The number of aromatic nitrogens is 4. The first kappa shape index (κ1) is 29.5. The van der Waals surface area contributed by atoms with Crippen molar-refractivity contribution in [3.8, 4) is 28.7 Å². The summed E-state index contributed by atoms with van der Waals surface area (Å²) in [7, 11) is 0. The summed E-state index contributed by atoms with van der Waals surface area (Å²) in [5.41, 5.74) is 8.07. The second kappa shape index (κ2) is 12.4. The minimum Gasteiger partial charge on any atom is -0.278 e. The molecule has 9 rings (SSSR count). The van der Waals surface area contributed by atoms with Crippen LogP contribution >= 0.6 is 0 Å². The van der Waals surface area contributed by atoms with Gasteiger partial charge < -0.3 is 0 Å². The van der Waals surface area contributed by atoms with E-state index in [4.69, 9.17) is 15.0 Å². The van der Waals surface area contributed by atoms with Gasteiger partial charge in [0.2, 0.25) is 5.95 Å². The molecule has 0 fully saturated rings. The monoisotopic (exact) mass is 640 g/mol. The molecule has 0 amide bonds. The van der Waals surface area contributed by atoms with E-state index in [1.807, 2.05) is 60.7 Å². The van der Waals surface area contributed by atoms with Crippen molar-refractivity contribution in [2.24, 2.45) is 0 Å². The number of rotatable bonds is 7. The maximum atomic E-state index is 5.18. The Hall–Kier alpha value is -6.65. The lowest BCUT2D eigenvalue weighted by Crippen LogP contribution is -2.31. The fourth-order valence-corrected chi connectivity index (χ4v) is 7.38. The molecule has 0 aliphatic carbocycles. The van der Waals surface area contributed by atoms with Gasteiger partial charge in [-0.05, 0) is 34.4 Å². The largest absolute Gasteiger partial charge is 0.278 e. The molecule has 0 saturated carbocycles. The Kier molecular flexibility index (Phi) is 7.33. The van der Waals surface area contributed by atoms with Crippen molar-refractivity contribution in [1.82, 2.24) is 19.5 Å². The highest BCUT2D eigenvalue weighted by molar-refractivity contribution is 6.09. The number of fused-ring (bicyclic) bond motifs is 3. The maximum Gasteiger partial charge on any atom is 0.238 e. The van der Waals surface area contributed by atoms with Crippen molar-refractivity contribution >= 4 is 21.8 Å². The fraction of sp³-hybridized carbons (Fsp3) is 0.0217. The van der Waals surface area contributed by atoms with Gasteiger partial charge in [-0.1, -0.05) is 182 Å². The van der Waals surface area contributed by atoms with Crippen LogP contribution in [0.25, 0.3) is 50.5 Å². The molecule has 9 aromatic rings. The topological polar surface area (TPSA) is 43.6 Å². The Bertz CT molecular complexity index is 2410. The number of para-hydroxylation sites is 1. The lowest BCUT2D eigenvalue weighted by molar-refractivity contribution is 0.746. The predicted molar refractivity (Wildman–Crippen MR) is 203 cm³/mol. The van der Waals surface area contributed by atoms with Crippen LogP contribution in [0.15, 0.2) is 194 Å². The number of nitrogens with zero attached hydrogens (tertiary/aromatic N) is 4. The Morgan fingerprint density at radius 3 is 1.26 bits per heavy atom. The second-order valence-corrected chi connectivity index (χ2v) is 12.4. The van der Waals surface area contributed by atoms with E-state index >= 15 is 0 Å². The van der Waals surface area contributed by atoms with Crippen LogP contribution in [-0.2, 0) is 5.41 Å². The highest BCUT2D eigenvalue weighted by atomic mass is 15.2. The first-order valence-electron chi connectivity index (χ1n) is 16.9. The third kappa shape index (κ3) is 4.89. The summed E-state index contributed by atoms with van der Waals surface area (Å²) in [5.74, 6) is 1.83. The van der Waals surface area contributed by atoms with E-state index in [2.05, 4.69) is 138 Å². The molecule has 0 saturated heterocycles. The Balaban J connectivity index is 1.38. The van der Waals surface area contributed by atoms with Crippen molar-refractivity contribution < 1.29 is 0 Å². The molecule has 236 valence electrons. The average molecular weight is 641 g/mol. The molecule has 7 aromatic carbocycles. The highest BCUT2D eigenvalue weighted by Crippen LogP contribution is 2.46. The summed E-state index contributed by atoms with van der Waals surface area (Å²) in [4.78, 5) is 15.3. The van der Waals surface area contributed by atoms with Gasteiger partial charge in [0.15, 0.2) is 11.6 Å². The average Bonchev–Trinajstić information content (AvgIpc) is 3.54. The van der Waals surface area contributed by atoms with Gasteiger partial charge >= 0.3 is 0 Å². The van der Waals surface area contributed by atoms with Crippen molar-refractivity contribution in [3.05, 3.63) is 216 Å². The number of benzene rings is 7. The van der Waals surface area contributed by atoms with Crippen LogP contribution in [0.3, 0.4) is 0 Å². The molecule has 0 aliphatic rings. The van der Waals surface area contributed by atoms with Gasteiger partial charge in [-0.3, -0.25) is 4.57 Å². The number of hydrogen-bond donors (Lipinski definition) is 0. The van der Waals surface area contributed by atoms with Crippen LogP contribution in [0.1, 0.15) is 22.3 Å². The molecule has 4 nitrogen and oxygen atoms in total. The van der Waals surface area contributed by atoms with Gasteiger partial charge in [0, 0.05) is 21.9 Å². The van der Waals surface area contributed by atoms with Gasteiger partial charge in [0.25, 0.3) is 0 Å². The van der Waals surface area contributed by atoms with Crippen molar-refractivity contribution in [2.75, 3.05) is 0 Å². The van der Waals surface area contributed by atoms with Crippen LogP contribution in [0, 0.1) is 0 Å². The summed E-state index contributed by atoms with van der Waals surface area (Å²) in [6, 6.07) is 68.2. The van der Waals surface area contributed by atoms with Gasteiger partial charge in [-0.15, -0.1) is 0 Å². The van der Waals surface area contributed by atoms with Crippen LogP contribution in [0.2, 0.25) is 0 Å². The smallest absolute Gasteiger partial charge is 0.238 e. The van der Waals surface area contributed by atoms with Gasteiger partial charge in [-0.2, -0.15) is 9.97 Å². The van der Waals surface area contributed by atoms with E-state index in [0.717, 1.165) is 38.5 Å². The van der Waals surface area contributed by atoms with Crippen LogP contribution < -0.4 is 0 Å². The molecule has 0 radical (unpaired) electrons. The van der Waals surface area contributed by atoms with E-state index in [0.29, 0.717) is 17.6 Å². The Morgan fingerprint density at radius 2 is 0.760 bits per heavy atom. The van der Waals surface area contributed by atoms with Crippen molar-refractivity contribution in [3.63, 3.8) is 0 Å². The normalized spacial score (nSPS) is 11.6. The maximum absolute atomic E-state index is 5.18. The predicted octanol–water partition coefficient (Wildman–Crippen LogP) is 10.7. The van der Waals surface area contributed by atoms with Crippen molar-refractivity contribution in [1.29, 1.82) is 0 Å². The molecule has 4 heteroatoms. The van der Waals surface area contributed by atoms with Crippen LogP contribution in [-0.4, -0.2) is 19.5 Å². The van der Waals surface area contributed by atoms with E-state index in [9.17, 15) is 0 Å². The van der Waals surface area contributed by atoms with E-state index in [1.54, 1.807) is 0 Å². The first-order chi connectivity index (χ1) is 24.8. The summed E-state index contributed by atoms with van der Waals surface area (Å²) in [5, 5.41) is 2.28. The summed E-state index contributed by atoms with van der Waals surface area (Å²) >= 11 is 0. The van der Waals surface area contributed by atoms with Gasteiger partial charge in [0.1, 0.15) is 0 Å². The fourth-order valence-electron chi connectivity index (χ4n) is 7.38. The minimum atomic E-state index is -0.594. The zero-order valence-corrected chi connectivity index (χ0v) is 27.3. The molecule has 0 N–H and O–H groups in total. The zero-order chi connectivity index (χ0) is 33.3. The molecular weight excluding hydrogens is 609 g/mol. The molecule has 0 atom stereocenters. The number of hydrogen-bond acceptors (Lipinski definition) is 3. The standard InChI is InChI=1S/C46H32N4/c1-6-18-33(19-7-1)43-47-44(34-20-8-2-9-21-34)49-45(48-43)50-41-29-17-16-28-39(41)40-31-30-38(32-42(40)50)46(35-22-10-3-11-23-35,36-24-12-4-13-25-36)37-26-14-5-15-27-37/h1-32H. The van der Waals surface area contributed by atoms with E-state index in [1.165, 1.54) is 16.7 Å². The molecule has 0 aliphatic heterocycles. The van der Waals surface area contributed by atoms with Crippen LogP contribution in [0.4, 0.5) is 0 Å². The van der Waals surface area contributed by atoms with Gasteiger partial charge in [-0.25, -0.2) is 4.98 Å². The van der Waals surface area contributed by atoms with E-state index in [-0.39, 0.29) is 0 Å². The second-order valence-electron chi connectivity index (χ2n) is 12.4. The highest BCUT2D eigenvalue weighted by Gasteiger charge is 2.38. The van der Waals surface area contributed by atoms with Gasteiger partial charge in [0.05, 0.1) is 16.4 Å².